The van der Waals surface area contributed by atoms with Gasteiger partial charge >= 0.3 is 11.9 Å². The molecule has 0 bridgehead atoms. The van der Waals surface area contributed by atoms with Crippen LogP contribution in [0.4, 0.5) is 10.7 Å². The van der Waals surface area contributed by atoms with Crippen LogP contribution in [0.2, 0.25) is 0 Å². The van der Waals surface area contributed by atoms with Crippen LogP contribution in [0.5, 0.6) is 0 Å². The van der Waals surface area contributed by atoms with Gasteiger partial charge in [0.05, 0.1) is 18.2 Å². The number of hydrogen-bond donors (Lipinski definition) is 2. The van der Waals surface area contributed by atoms with Crippen molar-refractivity contribution in [3.05, 3.63) is 45.8 Å². The largest absolute Gasteiger partial charge is 0.465 e. The quantitative estimate of drug-likeness (QED) is 0.587. The Balaban J connectivity index is 1.73. The first-order chi connectivity index (χ1) is 13.4. The predicted octanol–water partition coefficient (Wildman–Crippen LogP) is 3.18. The van der Waals surface area contributed by atoms with Crippen molar-refractivity contribution in [2.45, 2.75) is 38.7 Å². The van der Waals surface area contributed by atoms with Crippen LogP contribution in [0.15, 0.2) is 24.3 Å². The van der Waals surface area contributed by atoms with Crippen LogP contribution >= 0.6 is 11.3 Å². The van der Waals surface area contributed by atoms with Gasteiger partial charge in [-0.15, -0.1) is 11.3 Å². The monoisotopic (exact) mass is 402 g/mol. The van der Waals surface area contributed by atoms with Crippen molar-refractivity contribution in [3.8, 4) is 0 Å². The third-order valence-corrected chi connectivity index (χ3v) is 5.80. The van der Waals surface area contributed by atoms with Crippen molar-refractivity contribution in [2.75, 3.05) is 18.2 Å². The Hall–Kier alpha value is -2.87. The molecule has 8 heteroatoms. The maximum atomic E-state index is 12.6. The van der Waals surface area contributed by atoms with Gasteiger partial charge in [-0.25, -0.2) is 9.59 Å². The number of rotatable bonds is 5. The molecule has 0 radical (unpaired) electrons. The van der Waals surface area contributed by atoms with Crippen molar-refractivity contribution in [2.24, 2.45) is 0 Å². The van der Waals surface area contributed by atoms with Gasteiger partial charge in [0.25, 0.3) is 5.91 Å². The first-order valence-corrected chi connectivity index (χ1v) is 9.82. The van der Waals surface area contributed by atoms with Crippen molar-refractivity contribution < 1.29 is 23.9 Å². The van der Waals surface area contributed by atoms with E-state index in [9.17, 15) is 14.4 Å². The molecule has 1 aromatic carbocycles. The Morgan fingerprint density at radius 2 is 1.79 bits per heavy atom. The fourth-order valence-corrected chi connectivity index (χ4v) is 4.37. The fourth-order valence-electron chi connectivity index (χ4n) is 3.09. The summed E-state index contributed by atoms with van der Waals surface area (Å²) in [6.07, 6.45) is 2.68. The molecule has 1 aromatic heterocycles. The van der Waals surface area contributed by atoms with Crippen molar-refractivity contribution >= 4 is 39.9 Å². The number of carbonyl (C=O) groups excluding carboxylic acids is 3. The van der Waals surface area contributed by atoms with E-state index in [1.807, 2.05) is 0 Å². The number of carbonyl (C=O) groups is 3. The van der Waals surface area contributed by atoms with Gasteiger partial charge in [-0.3, -0.25) is 4.79 Å². The van der Waals surface area contributed by atoms with Crippen molar-refractivity contribution in [1.82, 2.24) is 0 Å². The number of benzene rings is 1. The van der Waals surface area contributed by atoms with Crippen molar-refractivity contribution in [1.29, 1.82) is 0 Å². The number of nitrogen functional groups attached to an aromatic ring is 1. The third-order valence-electron chi connectivity index (χ3n) is 4.60. The molecule has 148 valence electrons. The van der Waals surface area contributed by atoms with E-state index in [0.29, 0.717) is 21.8 Å². The molecule has 3 N–H and O–H groups in total. The minimum absolute atomic E-state index is 0.302. The van der Waals surface area contributed by atoms with E-state index < -0.39 is 23.9 Å². The lowest BCUT2D eigenvalue weighted by atomic mass is 9.95. The van der Waals surface area contributed by atoms with Gasteiger partial charge in [0.1, 0.15) is 5.00 Å². The summed E-state index contributed by atoms with van der Waals surface area (Å²) in [4.78, 5) is 38.1. The smallest absolute Gasteiger partial charge is 0.341 e. The molecule has 1 atom stereocenters. The third kappa shape index (κ3) is 4.17. The molecule has 1 unspecified atom stereocenters. The van der Waals surface area contributed by atoms with Crippen LogP contribution in [0.25, 0.3) is 0 Å². The highest BCUT2D eigenvalue weighted by Crippen LogP contribution is 2.38. The first kappa shape index (κ1) is 19.9. The Bertz CT molecular complexity index is 904. The summed E-state index contributed by atoms with van der Waals surface area (Å²) in [6.45, 7) is 1.48. The SMILES string of the molecule is COC(=O)c1c(NC(=O)C(C)OC(=O)c2ccc(N)cc2)sc2c1CCCC2. The number of fused-ring (bicyclic) bond motifs is 1. The number of thiophene rings is 1. The lowest BCUT2D eigenvalue weighted by molar-refractivity contribution is -0.123. The number of hydrogen-bond acceptors (Lipinski definition) is 7. The van der Waals surface area contributed by atoms with Crippen LogP contribution in [-0.2, 0) is 27.1 Å². The zero-order chi connectivity index (χ0) is 20.3. The number of esters is 2. The van der Waals surface area contributed by atoms with Crippen LogP contribution in [0, 0.1) is 0 Å². The average molecular weight is 402 g/mol. The fraction of sp³-hybridized carbons (Fsp3) is 0.350. The molecule has 3 rings (SSSR count). The van der Waals surface area contributed by atoms with E-state index in [1.54, 1.807) is 12.1 Å². The van der Waals surface area contributed by atoms with Gasteiger partial charge in [0.2, 0.25) is 0 Å². The molecule has 1 aliphatic rings. The molecule has 28 heavy (non-hydrogen) atoms. The van der Waals surface area contributed by atoms with Gasteiger partial charge in [0, 0.05) is 10.6 Å². The Morgan fingerprint density at radius 1 is 1.11 bits per heavy atom. The number of amides is 1. The number of aryl methyl sites for hydroxylation is 1. The molecule has 2 aromatic rings. The maximum absolute atomic E-state index is 12.6. The first-order valence-electron chi connectivity index (χ1n) is 9.01. The lowest BCUT2D eigenvalue weighted by Crippen LogP contribution is -2.30. The van der Waals surface area contributed by atoms with Gasteiger partial charge in [-0.05, 0) is 62.4 Å². The summed E-state index contributed by atoms with van der Waals surface area (Å²) in [5.74, 6) is -1.60. The van der Waals surface area contributed by atoms with Gasteiger partial charge in [-0.2, -0.15) is 0 Å². The molecule has 1 amide bonds. The Labute approximate surface area is 166 Å². The van der Waals surface area contributed by atoms with Crippen LogP contribution in [-0.4, -0.2) is 31.1 Å². The van der Waals surface area contributed by atoms with E-state index in [4.69, 9.17) is 15.2 Å². The second kappa shape index (κ2) is 8.43. The number of nitrogens with one attached hydrogen (secondary N) is 1. The standard InChI is InChI=1S/C20H22N2O5S/c1-11(27-19(24)12-7-9-13(21)10-8-12)17(23)22-18-16(20(25)26-2)14-5-3-4-6-15(14)28-18/h7-11H,3-6,21H2,1-2H3,(H,22,23). The van der Waals surface area contributed by atoms with E-state index in [0.717, 1.165) is 36.1 Å². The highest BCUT2D eigenvalue weighted by molar-refractivity contribution is 7.17. The maximum Gasteiger partial charge on any atom is 0.341 e. The molecule has 0 aliphatic heterocycles. The molecule has 1 aliphatic carbocycles. The van der Waals surface area contributed by atoms with Crippen LogP contribution < -0.4 is 11.1 Å². The highest BCUT2D eigenvalue weighted by Gasteiger charge is 2.28. The minimum atomic E-state index is -1.03. The predicted molar refractivity (Wildman–Crippen MR) is 107 cm³/mol. The summed E-state index contributed by atoms with van der Waals surface area (Å²) in [5.41, 5.74) is 7.79. The van der Waals surface area contributed by atoms with E-state index in [1.165, 1.54) is 37.5 Å². The lowest BCUT2D eigenvalue weighted by Gasteiger charge is -2.14. The topological polar surface area (TPSA) is 108 Å². The summed E-state index contributed by atoms with van der Waals surface area (Å²) >= 11 is 1.38. The number of methoxy groups -OCH3 is 1. The van der Waals surface area contributed by atoms with E-state index >= 15 is 0 Å². The summed E-state index contributed by atoms with van der Waals surface area (Å²) in [6, 6.07) is 6.23. The normalized spacial score (nSPS) is 13.9. The Morgan fingerprint density at radius 3 is 2.46 bits per heavy atom. The highest BCUT2D eigenvalue weighted by atomic mass is 32.1. The second-order valence-electron chi connectivity index (χ2n) is 6.57. The van der Waals surface area contributed by atoms with Crippen LogP contribution in [0.3, 0.4) is 0 Å². The average Bonchev–Trinajstić information content (AvgIpc) is 3.05. The zero-order valence-electron chi connectivity index (χ0n) is 15.7. The molecule has 0 saturated carbocycles. The number of ether oxygens (including phenoxy) is 2. The molecular formula is C20H22N2O5S. The molecule has 0 saturated heterocycles. The summed E-state index contributed by atoms with van der Waals surface area (Å²) < 4.78 is 10.1. The zero-order valence-corrected chi connectivity index (χ0v) is 16.6. The van der Waals surface area contributed by atoms with E-state index in [2.05, 4.69) is 5.32 Å². The molecule has 7 nitrogen and oxygen atoms in total. The molecule has 0 fully saturated rings. The van der Waals surface area contributed by atoms with Crippen molar-refractivity contribution in [3.63, 3.8) is 0 Å². The van der Waals surface area contributed by atoms with Gasteiger partial charge in [0.15, 0.2) is 6.10 Å². The summed E-state index contributed by atoms with van der Waals surface area (Å²) in [5, 5.41) is 3.17. The molecule has 1 heterocycles. The van der Waals surface area contributed by atoms with E-state index in [-0.39, 0.29) is 0 Å². The van der Waals surface area contributed by atoms with Gasteiger partial charge in [-0.1, -0.05) is 0 Å². The number of anilines is 2. The minimum Gasteiger partial charge on any atom is -0.465 e. The molecular weight excluding hydrogens is 380 g/mol. The Kier molecular flexibility index (Phi) is 5.99. The summed E-state index contributed by atoms with van der Waals surface area (Å²) in [7, 11) is 1.32. The van der Waals surface area contributed by atoms with Crippen LogP contribution in [0.1, 0.15) is 50.9 Å². The van der Waals surface area contributed by atoms with Gasteiger partial charge < -0.3 is 20.5 Å². The number of nitrogens with two attached hydrogens (primary N) is 1. The molecule has 0 spiro atoms. The second-order valence-corrected chi connectivity index (χ2v) is 7.67.